The molecular formula is C14H31NO2. The Hall–Kier alpha value is -0.120. The molecule has 0 fully saturated rings. The Labute approximate surface area is 107 Å². The van der Waals surface area contributed by atoms with Gasteiger partial charge in [-0.1, -0.05) is 13.8 Å². The topological polar surface area (TPSA) is 30.5 Å². The van der Waals surface area contributed by atoms with Crippen LogP contribution in [-0.2, 0) is 9.47 Å². The van der Waals surface area contributed by atoms with Crippen LogP contribution in [0.2, 0.25) is 0 Å². The molecule has 1 N–H and O–H groups in total. The zero-order valence-electron chi connectivity index (χ0n) is 12.3. The molecule has 0 aliphatic rings. The monoisotopic (exact) mass is 245 g/mol. The van der Waals surface area contributed by atoms with E-state index in [4.69, 9.17) is 9.47 Å². The van der Waals surface area contributed by atoms with Crippen LogP contribution >= 0.6 is 0 Å². The Morgan fingerprint density at radius 3 is 2.41 bits per heavy atom. The lowest BCUT2D eigenvalue weighted by Crippen LogP contribution is -2.36. The quantitative estimate of drug-likeness (QED) is 0.568. The van der Waals surface area contributed by atoms with E-state index < -0.39 is 0 Å². The Bertz CT molecular complexity index is 172. The Kier molecular flexibility index (Phi) is 9.79. The second-order valence-electron chi connectivity index (χ2n) is 5.23. The van der Waals surface area contributed by atoms with E-state index in [2.05, 4.69) is 33.0 Å². The van der Waals surface area contributed by atoms with E-state index >= 15 is 0 Å². The summed E-state index contributed by atoms with van der Waals surface area (Å²) in [5, 5.41) is 3.54. The molecular weight excluding hydrogens is 214 g/mol. The molecule has 0 bridgehead atoms. The van der Waals surface area contributed by atoms with Crippen LogP contribution < -0.4 is 5.32 Å². The third-order valence-electron chi connectivity index (χ3n) is 3.00. The average molecular weight is 245 g/mol. The zero-order valence-corrected chi connectivity index (χ0v) is 12.3. The first-order valence-electron chi connectivity index (χ1n) is 6.92. The molecule has 104 valence electrons. The molecule has 0 saturated carbocycles. The summed E-state index contributed by atoms with van der Waals surface area (Å²) in [6.45, 7) is 11.3. The first-order chi connectivity index (χ1) is 8.05. The highest BCUT2D eigenvalue weighted by Gasteiger charge is 2.19. The fourth-order valence-electron chi connectivity index (χ4n) is 1.59. The maximum atomic E-state index is 5.64. The van der Waals surface area contributed by atoms with Crippen molar-refractivity contribution in [1.82, 2.24) is 5.32 Å². The second-order valence-corrected chi connectivity index (χ2v) is 5.23. The van der Waals surface area contributed by atoms with Gasteiger partial charge in [0.25, 0.3) is 0 Å². The minimum absolute atomic E-state index is 0.0309. The van der Waals surface area contributed by atoms with Crippen molar-refractivity contribution in [3.8, 4) is 0 Å². The molecule has 3 heteroatoms. The number of hydrogen-bond donors (Lipinski definition) is 1. The van der Waals surface area contributed by atoms with Gasteiger partial charge in [0.1, 0.15) is 0 Å². The molecule has 1 atom stereocenters. The number of hydrogen-bond acceptors (Lipinski definition) is 3. The van der Waals surface area contributed by atoms with Crippen LogP contribution in [0.1, 0.15) is 53.4 Å². The summed E-state index contributed by atoms with van der Waals surface area (Å²) >= 11 is 0. The molecule has 0 aliphatic carbocycles. The second kappa shape index (κ2) is 9.86. The van der Waals surface area contributed by atoms with E-state index in [1.807, 2.05) is 0 Å². The highest BCUT2D eigenvalue weighted by atomic mass is 16.5. The van der Waals surface area contributed by atoms with Crippen LogP contribution in [-0.4, -0.2) is 38.5 Å². The first kappa shape index (κ1) is 16.9. The van der Waals surface area contributed by atoms with E-state index in [-0.39, 0.29) is 5.60 Å². The summed E-state index contributed by atoms with van der Waals surface area (Å²) in [6.07, 6.45) is 4.41. The van der Waals surface area contributed by atoms with Gasteiger partial charge in [-0.15, -0.1) is 0 Å². The lowest BCUT2D eigenvalue weighted by atomic mass is 9.99. The zero-order chi connectivity index (χ0) is 13.1. The van der Waals surface area contributed by atoms with Gasteiger partial charge in [0.05, 0.1) is 12.2 Å². The predicted molar refractivity (Wildman–Crippen MR) is 73.5 cm³/mol. The van der Waals surface area contributed by atoms with Gasteiger partial charge in [0, 0.05) is 19.8 Å². The van der Waals surface area contributed by atoms with Crippen LogP contribution in [0.4, 0.5) is 0 Å². The van der Waals surface area contributed by atoms with Crippen molar-refractivity contribution in [2.24, 2.45) is 0 Å². The van der Waals surface area contributed by atoms with Crippen LogP contribution in [0, 0.1) is 0 Å². The van der Waals surface area contributed by atoms with Crippen molar-refractivity contribution in [1.29, 1.82) is 0 Å². The molecule has 0 aliphatic heterocycles. The average Bonchev–Trinajstić information content (AvgIpc) is 2.32. The van der Waals surface area contributed by atoms with E-state index in [1.165, 1.54) is 0 Å². The summed E-state index contributed by atoms with van der Waals surface area (Å²) in [4.78, 5) is 0. The van der Waals surface area contributed by atoms with E-state index in [0.717, 1.165) is 45.4 Å². The standard InChI is InChI=1S/C14H31NO2/c1-6-10-15-13(12-17-11-7-2)8-9-14(3,4)16-5/h13,15H,6-12H2,1-5H3. The van der Waals surface area contributed by atoms with E-state index in [1.54, 1.807) is 7.11 Å². The number of methoxy groups -OCH3 is 1. The molecule has 0 aromatic heterocycles. The molecule has 0 rings (SSSR count). The van der Waals surface area contributed by atoms with Crippen molar-refractivity contribution in [2.75, 3.05) is 26.9 Å². The minimum Gasteiger partial charge on any atom is -0.380 e. The van der Waals surface area contributed by atoms with Crippen molar-refractivity contribution in [3.05, 3.63) is 0 Å². The Balaban J connectivity index is 3.91. The highest BCUT2D eigenvalue weighted by Crippen LogP contribution is 2.16. The fourth-order valence-corrected chi connectivity index (χ4v) is 1.59. The summed E-state index contributed by atoms with van der Waals surface area (Å²) < 4.78 is 11.1. The van der Waals surface area contributed by atoms with Crippen molar-refractivity contribution < 1.29 is 9.47 Å². The van der Waals surface area contributed by atoms with Gasteiger partial charge in [0.2, 0.25) is 0 Å². The van der Waals surface area contributed by atoms with Crippen molar-refractivity contribution >= 4 is 0 Å². The molecule has 0 saturated heterocycles. The smallest absolute Gasteiger partial charge is 0.0623 e. The van der Waals surface area contributed by atoms with Crippen LogP contribution in [0.3, 0.4) is 0 Å². The molecule has 0 radical (unpaired) electrons. The normalized spacial score (nSPS) is 13.9. The Morgan fingerprint density at radius 1 is 1.18 bits per heavy atom. The lowest BCUT2D eigenvalue weighted by molar-refractivity contribution is 0.00811. The number of rotatable bonds is 11. The van der Waals surface area contributed by atoms with Crippen LogP contribution in [0.15, 0.2) is 0 Å². The maximum Gasteiger partial charge on any atom is 0.0623 e. The summed E-state index contributed by atoms with van der Waals surface area (Å²) in [5.74, 6) is 0. The third kappa shape index (κ3) is 9.57. The van der Waals surface area contributed by atoms with Gasteiger partial charge in [-0.2, -0.15) is 0 Å². The van der Waals surface area contributed by atoms with Gasteiger partial charge in [-0.3, -0.25) is 0 Å². The summed E-state index contributed by atoms with van der Waals surface area (Å²) in [6, 6.07) is 0.455. The maximum absolute atomic E-state index is 5.64. The SMILES string of the molecule is CCCNC(CCC(C)(C)OC)COCCC. The number of nitrogens with one attached hydrogen (secondary N) is 1. The van der Waals surface area contributed by atoms with Crippen LogP contribution in [0.25, 0.3) is 0 Å². The predicted octanol–water partition coefficient (Wildman–Crippen LogP) is 2.99. The number of ether oxygens (including phenoxy) is 2. The largest absolute Gasteiger partial charge is 0.380 e. The summed E-state index contributed by atoms with van der Waals surface area (Å²) in [7, 11) is 1.78. The minimum atomic E-state index is -0.0309. The van der Waals surface area contributed by atoms with Gasteiger partial charge in [0.15, 0.2) is 0 Å². The molecule has 0 amide bonds. The molecule has 0 aromatic rings. The van der Waals surface area contributed by atoms with Crippen LogP contribution in [0.5, 0.6) is 0 Å². The van der Waals surface area contributed by atoms with E-state index in [0.29, 0.717) is 6.04 Å². The van der Waals surface area contributed by atoms with E-state index in [9.17, 15) is 0 Å². The van der Waals surface area contributed by atoms with Crippen molar-refractivity contribution in [3.63, 3.8) is 0 Å². The lowest BCUT2D eigenvalue weighted by Gasteiger charge is -2.26. The van der Waals surface area contributed by atoms with Gasteiger partial charge < -0.3 is 14.8 Å². The Morgan fingerprint density at radius 2 is 1.88 bits per heavy atom. The highest BCUT2D eigenvalue weighted by molar-refractivity contribution is 4.74. The molecule has 0 spiro atoms. The third-order valence-corrected chi connectivity index (χ3v) is 3.00. The molecule has 1 unspecified atom stereocenters. The van der Waals surface area contributed by atoms with Gasteiger partial charge >= 0.3 is 0 Å². The molecule has 0 aromatic carbocycles. The van der Waals surface area contributed by atoms with Crippen molar-refractivity contribution in [2.45, 2.75) is 65.0 Å². The fraction of sp³-hybridized carbons (Fsp3) is 1.00. The molecule has 0 heterocycles. The molecule has 3 nitrogen and oxygen atoms in total. The summed E-state index contributed by atoms with van der Waals surface area (Å²) in [5.41, 5.74) is -0.0309. The van der Waals surface area contributed by atoms with Gasteiger partial charge in [-0.25, -0.2) is 0 Å². The van der Waals surface area contributed by atoms with Gasteiger partial charge in [-0.05, 0) is 46.1 Å². The molecule has 17 heavy (non-hydrogen) atoms. The first-order valence-corrected chi connectivity index (χ1v) is 6.92.